The molecule has 11 heavy (non-hydrogen) atoms. The molecule has 0 aromatic rings. The first-order chi connectivity index (χ1) is 5.33. The van der Waals surface area contributed by atoms with Crippen LogP contribution in [0.3, 0.4) is 0 Å². The number of nitrogens with zero attached hydrogens (tertiary/aromatic N) is 1. The van der Waals surface area contributed by atoms with E-state index in [1.807, 2.05) is 6.92 Å². The number of piperazine rings is 1. The highest BCUT2D eigenvalue weighted by molar-refractivity contribution is 4.69. The summed E-state index contributed by atoms with van der Waals surface area (Å²) in [6.45, 7) is 7.16. The maximum Gasteiger partial charge on any atom is 0.0664 e. The molecule has 1 heterocycles. The summed E-state index contributed by atoms with van der Waals surface area (Å²) >= 11 is 0. The molecule has 1 rings (SSSR count). The maximum absolute atomic E-state index is 9.35. The van der Waals surface area contributed by atoms with Crippen LogP contribution in [0.25, 0.3) is 0 Å². The van der Waals surface area contributed by atoms with E-state index >= 15 is 0 Å². The fourth-order valence-corrected chi connectivity index (χ4v) is 1.32. The molecule has 1 aliphatic heterocycles. The van der Waals surface area contributed by atoms with Gasteiger partial charge in [-0.2, -0.15) is 0 Å². The van der Waals surface area contributed by atoms with E-state index in [4.69, 9.17) is 0 Å². The second-order valence-corrected chi connectivity index (χ2v) is 3.11. The Bertz CT molecular complexity index is 102. The van der Waals surface area contributed by atoms with Crippen LogP contribution in [0, 0.1) is 0 Å². The third-order valence-corrected chi connectivity index (χ3v) is 2.15. The zero-order valence-corrected chi connectivity index (χ0v) is 7.21. The Morgan fingerprint density at radius 2 is 2.09 bits per heavy atom. The average Bonchev–Trinajstić information content (AvgIpc) is 2.06. The van der Waals surface area contributed by atoms with E-state index in [1.165, 1.54) is 0 Å². The zero-order chi connectivity index (χ0) is 8.10. The number of aliphatic hydroxyl groups is 1. The number of nitrogens with one attached hydrogen (secondary N) is 1. The van der Waals surface area contributed by atoms with Crippen molar-refractivity contribution in [1.29, 1.82) is 0 Å². The summed E-state index contributed by atoms with van der Waals surface area (Å²) in [4.78, 5) is 2.31. The SMILES string of the molecule is CC[C@H](O)CN1CCNCC1. The van der Waals surface area contributed by atoms with Gasteiger partial charge in [-0.25, -0.2) is 0 Å². The minimum absolute atomic E-state index is 0.131. The van der Waals surface area contributed by atoms with Gasteiger partial charge in [0, 0.05) is 32.7 Å². The van der Waals surface area contributed by atoms with Gasteiger partial charge in [0.2, 0.25) is 0 Å². The Morgan fingerprint density at radius 1 is 1.45 bits per heavy atom. The van der Waals surface area contributed by atoms with Gasteiger partial charge in [0.15, 0.2) is 0 Å². The summed E-state index contributed by atoms with van der Waals surface area (Å²) < 4.78 is 0. The van der Waals surface area contributed by atoms with E-state index < -0.39 is 0 Å². The lowest BCUT2D eigenvalue weighted by molar-refractivity contribution is 0.102. The van der Waals surface area contributed by atoms with Gasteiger partial charge in [0.1, 0.15) is 0 Å². The predicted octanol–water partition coefficient (Wildman–Crippen LogP) is -0.337. The molecule has 0 saturated carbocycles. The van der Waals surface area contributed by atoms with Crippen molar-refractivity contribution in [2.75, 3.05) is 32.7 Å². The van der Waals surface area contributed by atoms with Crippen molar-refractivity contribution in [3.8, 4) is 0 Å². The molecule has 0 spiro atoms. The first-order valence-electron chi connectivity index (χ1n) is 4.44. The molecule has 3 heteroatoms. The molecule has 0 radical (unpaired) electrons. The lowest BCUT2D eigenvalue weighted by Gasteiger charge is -2.28. The van der Waals surface area contributed by atoms with Crippen molar-refractivity contribution >= 4 is 0 Å². The lowest BCUT2D eigenvalue weighted by Crippen LogP contribution is -2.46. The number of β-amino-alcohol motifs (C(OH)–C–C–N with tert-alkyl or cyclic N) is 1. The first kappa shape index (κ1) is 8.97. The van der Waals surface area contributed by atoms with Crippen molar-refractivity contribution < 1.29 is 5.11 Å². The highest BCUT2D eigenvalue weighted by Gasteiger charge is 2.12. The van der Waals surface area contributed by atoms with E-state index in [1.54, 1.807) is 0 Å². The van der Waals surface area contributed by atoms with Gasteiger partial charge in [0.25, 0.3) is 0 Å². The van der Waals surface area contributed by atoms with Crippen LogP contribution in [-0.4, -0.2) is 48.8 Å². The number of hydrogen-bond donors (Lipinski definition) is 2. The molecule has 2 N–H and O–H groups in total. The standard InChI is InChI=1S/C8H18N2O/c1-2-8(11)7-10-5-3-9-4-6-10/h8-9,11H,2-7H2,1H3/t8-/m0/s1. The Balaban J connectivity index is 2.13. The Kier molecular flexibility index (Phi) is 3.83. The van der Waals surface area contributed by atoms with Gasteiger partial charge >= 0.3 is 0 Å². The topological polar surface area (TPSA) is 35.5 Å². The van der Waals surface area contributed by atoms with E-state index in [2.05, 4.69) is 10.2 Å². The summed E-state index contributed by atoms with van der Waals surface area (Å²) in [6.07, 6.45) is 0.734. The molecule has 1 atom stereocenters. The molecule has 0 bridgehead atoms. The highest BCUT2D eigenvalue weighted by Crippen LogP contribution is 1.97. The normalized spacial score (nSPS) is 23.5. The minimum Gasteiger partial charge on any atom is -0.392 e. The largest absolute Gasteiger partial charge is 0.392 e. The summed E-state index contributed by atoms with van der Waals surface area (Å²) in [5.74, 6) is 0. The van der Waals surface area contributed by atoms with E-state index in [9.17, 15) is 5.11 Å². The van der Waals surface area contributed by atoms with Gasteiger partial charge in [-0.05, 0) is 6.42 Å². The summed E-state index contributed by atoms with van der Waals surface area (Å²) in [5.41, 5.74) is 0. The Labute approximate surface area is 68.4 Å². The zero-order valence-electron chi connectivity index (χ0n) is 7.21. The number of hydrogen-bond acceptors (Lipinski definition) is 3. The van der Waals surface area contributed by atoms with Gasteiger partial charge in [-0.3, -0.25) is 4.90 Å². The lowest BCUT2D eigenvalue weighted by atomic mass is 10.2. The van der Waals surface area contributed by atoms with Crippen molar-refractivity contribution in [3.05, 3.63) is 0 Å². The summed E-state index contributed by atoms with van der Waals surface area (Å²) in [7, 11) is 0. The molecule has 3 nitrogen and oxygen atoms in total. The van der Waals surface area contributed by atoms with Crippen LogP contribution in [-0.2, 0) is 0 Å². The smallest absolute Gasteiger partial charge is 0.0664 e. The third kappa shape index (κ3) is 3.18. The van der Waals surface area contributed by atoms with E-state index in [0.29, 0.717) is 0 Å². The minimum atomic E-state index is -0.131. The van der Waals surface area contributed by atoms with Crippen LogP contribution in [0.4, 0.5) is 0 Å². The Hall–Kier alpha value is -0.120. The van der Waals surface area contributed by atoms with Gasteiger partial charge in [0.05, 0.1) is 6.10 Å². The molecule has 0 aromatic heterocycles. The van der Waals surface area contributed by atoms with E-state index in [-0.39, 0.29) is 6.10 Å². The average molecular weight is 158 g/mol. The number of aliphatic hydroxyl groups excluding tert-OH is 1. The molecule has 0 aromatic carbocycles. The van der Waals surface area contributed by atoms with E-state index in [0.717, 1.165) is 39.1 Å². The first-order valence-corrected chi connectivity index (χ1v) is 4.44. The highest BCUT2D eigenvalue weighted by atomic mass is 16.3. The van der Waals surface area contributed by atoms with Crippen LogP contribution in [0.2, 0.25) is 0 Å². The van der Waals surface area contributed by atoms with Gasteiger partial charge in [-0.15, -0.1) is 0 Å². The molecule has 1 saturated heterocycles. The molecule has 1 aliphatic rings. The third-order valence-electron chi connectivity index (χ3n) is 2.15. The summed E-state index contributed by atoms with van der Waals surface area (Å²) in [6, 6.07) is 0. The molecule has 0 amide bonds. The molecular formula is C8H18N2O. The molecular weight excluding hydrogens is 140 g/mol. The van der Waals surface area contributed by atoms with Gasteiger partial charge < -0.3 is 10.4 Å². The van der Waals surface area contributed by atoms with Crippen LogP contribution >= 0.6 is 0 Å². The van der Waals surface area contributed by atoms with Crippen molar-refractivity contribution in [2.45, 2.75) is 19.4 Å². The molecule has 1 fully saturated rings. The fourth-order valence-electron chi connectivity index (χ4n) is 1.32. The van der Waals surface area contributed by atoms with Crippen LogP contribution in [0.15, 0.2) is 0 Å². The Morgan fingerprint density at radius 3 is 2.64 bits per heavy atom. The summed E-state index contributed by atoms with van der Waals surface area (Å²) in [5, 5.41) is 12.6. The molecule has 0 unspecified atom stereocenters. The molecule has 66 valence electrons. The maximum atomic E-state index is 9.35. The van der Waals surface area contributed by atoms with Gasteiger partial charge in [-0.1, -0.05) is 6.92 Å². The second-order valence-electron chi connectivity index (χ2n) is 3.11. The number of rotatable bonds is 3. The van der Waals surface area contributed by atoms with Crippen molar-refractivity contribution in [2.24, 2.45) is 0 Å². The quantitative estimate of drug-likeness (QED) is 0.590. The molecule has 0 aliphatic carbocycles. The van der Waals surface area contributed by atoms with Crippen LogP contribution < -0.4 is 5.32 Å². The van der Waals surface area contributed by atoms with Crippen LogP contribution in [0.5, 0.6) is 0 Å². The second kappa shape index (κ2) is 4.70. The fraction of sp³-hybridized carbons (Fsp3) is 1.00. The predicted molar refractivity (Wildman–Crippen MR) is 45.6 cm³/mol. The monoisotopic (exact) mass is 158 g/mol. The van der Waals surface area contributed by atoms with Crippen molar-refractivity contribution in [1.82, 2.24) is 10.2 Å². The van der Waals surface area contributed by atoms with Crippen molar-refractivity contribution in [3.63, 3.8) is 0 Å². The van der Waals surface area contributed by atoms with Crippen LogP contribution in [0.1, 0.15) is 13.3 Å².